The zero-order valence-electron chi connectivity index (χ0n) is 13.5. The van der Waals surface area contributed by atoms with Gasteiger partial charge in [0.2, 0.25) is 0 Å². The predicted octanol–water partition coefficient (Wildman–Crippen LogP) is 3.40. The van der Waals surface area contributed by atoms with Gasteiger partial charge in [-0.3, -0.25) is 0 Å². The third-order valence-electron chi connectivity index (χ3n) is 4.57. The lowest BCUT2D eigenvalue weighted by atomic mass is 9.75. The van der Waals surface area contributed by atoms with Gasteiger partial charge in [0.15, 0.2) is 0 Å². The number of hydrogen-bond donors (Lipinski definition) is 1. The summed E-state index contributed by atoms with van der Waals surface area (Å²) < 4.78 is 23.8. The SMILES string of the molecule is CCCC1CCC(NCC)C(CCS(=O)(=O)CCC)C1. The fourth-order valence-corrected chi connectivity index (χ4v) is 5.11. The third-order valence-corrected chi connectivity index (χ3v) is 6.46. The minimum absolute atomic E-state index is 0.351. The van der Waals surface area contributed by atoms with Crippen LogP contribution in [0.15, 0.2) is 0 Å². The molecule has 3 unspecified atom stereocenters. The highest BCUT2D eigenvalue weighted by Crippen LogP contribution is 2.34. The molecule has 0 aromatic heterocycles. The van der Waals surface area contributed by atoms with Gasteiger partial charge in [0, 0.05) is 11.8 Å². The number of sulfone groups is 1. The molecule has 4 heteroatoms. The largest absolute Gasteiger partial charge is 0.314 e. The molecule has 0 saturated heterocycles. The molecule has 1 fully saturated rings. The number of rotatable bonds is 9. The molecule has 1 saturated carbocycles. The molecule has 0 radical (unpaired) electrons. The zero-order valence-corrected chi connectivity index (χ0v) is 14.3. The average molecular weight is 304 g/mol. The maximum absolute atomic E-state index is 11.9. The van der Waals surface area contributed by atoms with E-state index in [1.54, 1.807) is 0 Å². The fraction of sp³-hybridized carbons (Fsp3) is 1.00. The summed E-state index contributed by atoms with van der Waals surface area (Å²) in [6.07, 6.45) is 7.88. The lowest BCUT2D eigenvalue weighted by Crippen LogP contribution is -2.41. The number of hydrogen-bond acceptors (Lipinski definition) is 3. The Balaban J connectivity index is 2.55. The summed E-state index contributed by atoms with van der Waals surface area (Å²) in [5.74, 6) is 2.09. The van der Waals surface area contributed by atoms with Crippen molar-refractivity contribution >= 4 is 9.84 Å². The van der Waals surface area contributed by atoms with Gasteiger partial charge in [0.1, 0.15) is 9.84 Å². The van der Waals surface area contributed by atoms with Crippen molar-refractivity contribution in [3.63, 3.8) is 0 Å². The third kappa shape index (κ3) is 6.13. The molecule has 0 amide bonds. The fourth-order valence-electron chi connectivity index (χ4n) is 3.63. The molecule has 20 heavy (non-hydrogen) atoms. The molecule has 1 aliphatic rings. The van der Waals surface area contributed by atoms with Gasteiger partial charge >= 0.3 is 0 Å². The van der Waals surface area contributed by atoms with Gasteiger partial charge in [-0.25, -0.2) is 8.42 Å². The summed E-state index contributed by atoms with van der Waals surface area (Å²) in [4.78, 5) is 0. The second-order valence-corrected chi connectivity index (χ2v) is 8.64. The lowest BCUT2D eigenvalue weighted by molar-refractivity contribution is 0.192. The van der Waals surface area contributed by atoms with Crippen LogP contribution in [0.25, 0.3) is 0 Å². The van der Waals surface area contributed by atoms with Crippen molar-refractivity contribution in [3.8, 4) is 0 Å². The van der Waals surface area contributed by atoms with Crippen LogP contribution in [0, 0.1) is 11.8 Å². The second-order valence-electron chi connectivity index (χ2n) is 6.33. The minimum atomic E-state index is -2.83. The first-order valence-electron chi connectivity index (χ1n) is 8.46. The van der Waals surface area contributed by atoms with Crippen LogP contribution in [0.5, 0.6) is 0 Å². The van der Waals surface area contributed by atoms with Gasteiger partial charge in [-0.15, -0.1) is 0 Å². The van der Waals surface area contributed by atoms with E-state index in [1.165, 1.54) is 32.1 Å². The van der Waals surface area contributed by atoms with Crippen molar-refractivity contribution in [2.24, 2.45) is 11.8 Å². The van der Waals surface area contributed by atoms with Crippen LogP contribution >= 0.6 is 0 Å². The molecule has 1 N–H and O–H groups in total. The van der Waals surface area contributed by atoms with Crippen LogP contribution in [-0.2, 0) is 9.84 Å². The zero-order chi connectivity index (χ0) is 15.0. The smallest absolute Gasteiger partial charge is 0.150 e. The van der Waals surface area contributed by atoms with E-state index in [0.717, 1.165) is 25.3 Å². The monoisotopic (exact) mass is 303 g/mol. The molecule has 0 aromatic carbocycles. The molecule has 0 spiro atoms. The summed E-state index contributed by atoms with van der Waals surface area (Å²) in [6, 6.07) is 0.532. The molecule has 1 rings (SSSR count). The summed E-state index contributed by atoms with van der Waals surface area (Å²) >= 11 is 0. The lowest BCUT2D eigenvalue weighted by Gasteiger charge is -2.36. The van der Waals surface area contributed by atoms with E-state index < -0.39 is 9.84 Å². The van der Waals surface area contributed by atoms with Crippen molar-refractivity contribution in [3.05, 3.63) is 0 Å². The predicted molar refractivity (Wildman–Crippen MR) is 86.8 cm³/mol. The van der Waals surface area contributed by atoms with Gasteiger partial charge in [0.25, 0.3) is 0 Å². The van der Waals surface area contributed by atoms with Crippen LogP contribution < -0.4 is 5.32 Å². The summed E-state index contributed by atoms with van der Waals surface area (Å²) in [5, 5.41) is 3.57. The first-order chi connectivity index (χ1) is 9.52. The maximum atomic E-state index is 11.9. The molecule has 1 aliphatic carbocycles. The number of nitrogens with one attached hydrogen (secondary N) is 1. The molecular formula is C16H33NO2S. The Morgan fingerprint density at radius 1 is 1.00 bits per heavy atom. The van der Waals surface area contributed by atoms with Crippen LogP contribution in [0.3, 0.4) is 0 Å². The van der Waals surface area contributed by atoms with E-state index in [-0.39, 0.29) is 0 Å². The van der Waals surface area contributed by atoms with Crippen LogP contribution in [0.1, 0.15) is 65.7 Å². The highest BCUT2D eigenvalue weighted by molar-refractivity contribution is 7.91. The first kappa shape index (κ1) is 18.0. The van der Waals surface area contributed by atoms with Gasteiger partial charge < -0.3 is 5.32 Å². The Hall–Kier alpha value is -0.0900. The van der Waals surface area contributed by atoms with Gasteiger partial charge in [-0.1, -0.05) is 33.6 Å². The van der Waals surface area contributed by atoms with Crippen LogP contribution in [0.4, 0.5) is 0 Å². The molecule has 120 valence electrons. The van der Waals surface area contributed by atoms with E-state index >= 15 is 0 Å². The van der Waals surface area contributed by atoms with E-state index in [0.29, 0.717) is 23.5 Å². The molecule has 0 heterocycles. The van der Waals surface area contributed by atoms with Gasteiger partial charge in [-0.2, -0.15) is 0 Å². The Kier molecular flexibility index (Phi) is 8.11. The molecule has 0 aliphatic heterocycles. The minimum Gasteiger partial charge on any atom is -0.314 e. The average Bonchev–Trinajstić information content (AvgIpc) is 2.39. The first-order valence-corrected chi connectivity index (χ1v) is 10.3. The van der Waals surface area contributed by atoms with Crippen molar-refractivity contribution in [1.82, 2.24) is 5.32 Å². The Bertz CT molecular complexity index is 353. The van der Waals surface area contributed by atoms with Gasteiger partial charge in [0.05, 0.1) is 5.75 Å². The van der Waals surface area contributed by atoms with Gasteiger partial charge in [-0.05, 0) is 50.5 Å². The van der Waals surface area contributed by atoms with Crippen molar-refractivity contribution in [1.29, 1.82) is 0 Å². The quantitative estimate of drug-likeness (QED) is 0.710. The molecule has 3 atom stereocenters. The standard InChI is InChI=1S/C16H33NO2S/c1-4-7-14-8-9-16(17-6-3)15(13-14)10-12-20(18,19)11-5-2/h14-17H,4-13H2,1-3H3. The maximum Gasteiger partial charge on any atom is 0.150 e. The Morgan fingerprint density at radius 2 is 1.75 bits per heavy atom. The molecule has 3 nitrogen and oxygen atoms in total. The van der Waals surface area contributed by atoms with E-state index in [2.05, 4.69) is 19.2 Å². The molecule has 0 bridgehead atoms. The Labute approximate surface area is 125 Å². The topological polar surface area (TPSA) is 46.2 Å². The molecule has 0 aromatic rings. The Morgan fingerprint density at radius 3 is 2.35 bits per heavy atom. The highest BCUT2D eigenvalue weighted by atomic mass is 32.2. The van der Waals surface area contributed by atoms with E-state index in [4.69, 9.17) is 0 Å². The van der Waals surface area contributed by atoms with Crippen molar-refractivity contribution in [2.45, 2.75) is 71.8 Å². The normalized spacial score (nSPS) is 27.6. The van der Waals surface area contributed by atoms with Crippen LogP contribution in [-0.4, -0.2) is 32.5 Å². The summed E-state index contributed by atoms with van der Waals surface area (Å²) in [6.45, 7) is 7.32. The van der Waals surface area contributed by atoms with Crippen LogP contribution in [0.2, 0.25) is 0 Å². The van der Waals surface area contributed by atoms with E-state index in [9.17, 15) is 8.42 Å². The second kappa shape index (κ2) is 9.04. The molecular weight excluding hydrogens is 270 g/mol. The highest BCUT2D eigenvalue weighted by Gasteiger charge is 2.30. The van der Waals surface area contributed by atoms with Crippen molar-refractivity contribution in [2.75, 3.05) is 18.1 Å². The van der Waals surface area contributed by atoms with Crippen molar-refractivity contribution < 1.29 is 8.42 Å². The summed E-state index contributed by atoms with van der Waals surface area (Å²) in [5.41, 5.74) is 0. The van der Waals surface area contributed by atoms with E-state index in [1.807, 2.05) is 6.92 Å². The summed E-state index contributed by atoms with van der Waals surface area (Å²) in [7, 11) is -2.83.